The molecule has 67 valence electrons. The van der Waals surface area contributed by atoms with Crippen molar-refractivity contribution in [3.05, 3.63) is 6.43 Å². The summed E-state index contributed by atoms with van der Waals surface area (Å²) < 4.78 is 68.6. The third-order valence-corrected chi connectivity index (χ3v) is 0.929. The summed E-state index contributed by atoms with van der Waals surface area (Å²) in [5, 5.41) is 0. The first-order valence-corrected chi connectivity index (χ1v) is 2.69. The fraction of sp³-hybridized carbons (Fsp3) is 0.800. The van der Waals surface area contributed by atoms with E-state index in [0.717, 1.165) is 0 Å². The SMILES string of the molecule is F[C](F)C(F)C(F)CC(F)F. The van der Waals surface area contributed by atoms with Crippen LogP contribution in [-0.4, -0.2) is 18.8 Å². The zero-order valence-electron chi connectivity index (χ0n) is 5.21. The molecule has 0 N–H and O–H groups in total. The minimum Gasteiger partial charge on any atom is -0.244 e. The van der Waals surface area contributed by atoms with Gasteiger partial charge >= 0.3 is 6.43 Å². The zero-order valence-corrected chi connectivity index (χ0v) is 5.21. The Balaban J connectivity index is 3.73. The lowest BCUT2D eigenvalue weighted by molar-refractivity contribution is 0.0357. The molecule has 0 saturated carbocycles. The van der Waals surface area contributed by atoms with Crippen LogP contribution in [-0.2, 0) is 0 Å². The largest absolute Gasteiger partial charge is 0.346 e. The fourth-order valence-electron chi connectivity index (χ4n) is 0.426. The highest BCUT2D eigenvalue weighted by Crippen LogP contribution is 2.23. The number of alkyl halides is 4. The molecule has 2 unspecified atom stereocenters. The third kappa shape index (κ3) is 4.10. The van der Waals surface area contributed by atoms with Gasteiger partial charge in [0, 0.05) is 6.42 Å². The highest BCUT2D eigenvalue weighted by atomic mass is 19.3. The topological polar surface area (TPSA) is 0 Å². The van der Waals surface area contributed by atoms with Crippen molar-refractivity contribution in [2.45, 2.75) is 25.2 Å². The van der Waals surface area contributed by atoms with Gasteiger partial charge in [-0.15, -0.1) is 0 Å². The molecular weight excluding hydrogens is 174 g/mol. The second-order valence-corrected chi connectivity index (χ2v) is 1.83. The van der Waals surface area contributed by atoms with E-state index in [1.165, 1.54) is 0 Å². The van der Waals surface area contributed by atoms with Crippen LogP contribution in [0, 0.1) is 6.43 Å². The Morgan fingerprint density at radius 1 is 1.00 bits per heavy atom. The maximum atomic E-state index is 11.9. The molecule has 6 heteroatoms. The zero-order chi connectivity index (χ0) is 9.02. The number of hydrogen-bond donors (Lipinski definition) is 0. The van der Waals surface area contributed by atoms with Crippen molar-refractivity contribution in [2.75, 3.05) is 0 Å². The summed E-state index contributed by atoms with van der Waals surface area (Å²) in [6, 6.07) is 0. The van der Waals surface area contributed by atoms with Gasteiger partial charge in [-0.25, -0.2) is 17.6 Å². The second kappa shape index (κ2) is 4.46. The van der Waals surface area contributed by atoms with E-state index in [1.54, 1.807) is 0 Å². The molecule has 0 aliphatic carbocycles. The summed E-state index contributed by atoms with van der Waals surface area (Å²) in [5.74, 6) is 0. The van der Waals surface area contributed by atoms with Gasteiger partial charge in [0.25, 0.3) is 0 Å². The Labute approximate surface area is 59.2 Å². The minimum absolute atomic E-state index is 1.50. The monoisotopic (exact) mass is 179 g/mol. The van der Waals surface area contributed by atoms with E-state index in [0.29, 0.717) is 0 Å². The van der Waals surface area contributed by atoms with Gasteiger partial charge < -0.3 is 0 Å². The predicted molar refractivity (Wildman–Crippen MR) is 25.9 cm³/mol. The Morgan fingerprint density at radius 2 is 1.45 bits per heavy atom. The summed E-state index contributed by atoms with van der Waals surface area (Å²) >= 11 is 0. The Hall–Kier alpha value is -0.420. The van der Waals surface area contributed by atoms with Gasteiger partial charge in [0.2, 0.25) is 12.6 Å². The molecule has 1 radical (unpaired) electrons. The van der Waals surface area contributed by atoms with Crippen LogP contribution in [0.15, 0.2) is 0 Å². The lowest BCUT2D eigenvalue weighted by atomic mass is 10.2. The molecular formula is C5H5F6. The van der Waals surface area contributed by atoms with Crippen LogP contribution in [0.25, 0.3) is 0 Å². The minimum atomic E-state index is -3.19. The van der Waals surface area contributed by atoms with Crippen molar-refractivity contribution >= 4 is 0 Å². The van der Waals surface area contributed by atoms with Crippen LogP contribution in [0.1, 0.15) is 6.42 Å². The molecule has 0 aromatic heterocycles. The summed E-state index contributed by atoms with van der Waals surface area (Å²) in [5.41, 5.74) is 0. The van der Waals surface area contributed by atoms with Crippen molar-refractivity contribution in [3.63, 3.8) is 0 Å². The Kier molecular flexibility index (Phi) is 4.29. The Morgan fingerprint density at radius 3 is 1.73 bits per heavy atom. The first-order valence-electron chi connectivity index (χ1n) is 2.69. The number of rotatable bonds is 4. The first kappa shape index (κ1) is 10.6. The van der Waals surface area contributed by atoms with Crippen molar-refractivity contribution in [3.8, 4) is 0 Å². The van der Waals surface area contributed by atoms with Gasteiger partial charge in [-0.05, 0) is 0 Å². The highest BCUT2D eigenvalue weighted by Gasteiger charge is 2.33. The van der Waals surface area contributed by atoms with Crippen LogP contribution in [0.4, 0.5) is 26.3 Å². The molecule has 0 spiro atoms. The van der Waals surface area contributed by atoms with Crippen molar-refractivity contribution < 1.29 is 26.3 Å². The highest BCUT2D eigenvalue weighted by molar-refractivity contribution is 4.81. The molecule has 0 nitrogen and oxygen atoms in total. The van der Waals surface area contributed by atoms with Gasteiger partial charge in [0.1, 0.15) is 6.17 Å². The van der Waals surface area contributed by atoms with Crippen LogP contribution >= 0.6 is 0 Å². The van der Waals surface area contributed by atoms with Crippen molar-refractivity contribution in [2.24, 2.45) is 0 Å². The molecule has 0 saturated heterocycles. The molecule has 2 atom stereocenters. The third-order valence-electron chi connectivity index (χ3n) is 0.929. The van der Waals surface area contributed by atoms with Gasteiger partial charge in [-0.1, -0.05) is 0 Å². The van der Waals surface area contributed by atoms with Gasteiger partial charge in [-0.2, -0.15) is 8.78 Å². The van der Waals surface area contributed by atoms with Crippen LogP contribution < -0.4 is 0 Å². The smallest absolute Gasteiger partial charge is 0.244 e. The molecule has 0 rings (SSSR count). The maximum absolute atomic E-state index is 11.9. The van der Waals surface area contributed by atoms with Crippen LogP contribution in [0.2, 0.25) is 0 Å². The molecule has 0 fully saturated rings. The molecule has 0 aromatic rings. The maximum Gasteiger partial charge on any atom is 0.346 e. The average Bonchev–Trinajstić information content (AvgIpc) is 1.84. The average molecular weight is 179 g/mol. The summed E-state index contributed by atoms with van der Waals surface area (Å²) in [6.07, 6.45) is -13.4. The lowest BCUT2D eigenvalue weighted by Gasteiger charge is -2.09. The quantitative estimate of drug-likeness (QED) is 0.582. The van der Waals surface area contributed by atoms with E-state index in [1.807, 2.05) is 0 Å². The predicted octanol–water partition coefficient (Wildman–Crippen LogP) is 2.75. The Bertz CT molecular complexity index is 103. The van der Waals surface area contributed by atoms with Crippen LogP contribution in [0.5, 0.6) is 0 Å². The van der Waals surface area contributed by atoms with E-state index in [9.17, 15) is 26.3 Å². The molecule has 11 heavy (non-hydrogen) atoms. The van der Waals surface area contributed by atoms with E-state index < -0.39 is 31.6 Å². The normalized spacial score (nSPS) is 17.5. The molecule has 0 aliphatic rings. The molecule has 0 amide bonds. The fourth-order valence-corrected chi connectivity index (χ4v) is 0.426. The molecule has 0 heterocycles. The number of hydrogen-bond acceptors (Lipinski definition) is 0. The summed E-state index contributed by atoms with van der Waals surface area (Å²) in [7, 11) is 0. The molecule has 0 aromatic carbocycles. The number of halogens is 6. The standard InChI is InChI=1S/C5H5F6/c6-2(1-3(7)8)4(9)5(10)11/h2-4H,1H2. The van der Waals surface area contributed by atoms with E-state index in [4.69, 9.17) is 0 Å². The van der Waals surface area contributed by atoms with Crippen LogP contribution in [0.3, 0.4) is 0 Å². The molecule has 0 aliphatic heterocycles. The van der Waals surface area contributed by atoms with Crippen molar-refractivity contribution in [1.82, 2.24) is 0 Å². The van der Waals surface area contributed by atoms with Gasteiger partial charge in [0.05, 0.1) is 0 Å². The lowest BCUT2D eigenvalue weighted by Crippen LogP contribution is -2.22. The summed E-state index contributed by atoms with van der Waals surface area (Å²) in [6.45, 7) is 0. The van der Waals surface area contributed by atoms with E-state index in [2.05, 4.69) is 0 Å². The second-order valence-electron chi connectivity index (χ2n) is 1.83. The molecule has 0 bridgehead atoms. The van der Waals surface area contributed by atoms with Gasteiger partial charge in [0.15, 0.2) is 0 Å². The summed E-state index contributed by atoms with van der Waals surface area (Å²) in [4.78, 5) is 0. The van der Waals surface area contributed by atoms with Gasteiger partial charge in [-0.3, -0.25) is 0 Å². The van der Waals surface area contributed by atoms with Crippen molar-refractivity contribution in [1.29, 1.82) is 0 Å². The first-order chi connectivity index (χ1) is 4.95. The van der Waals surface area contributed by atoms with E-state index >= 15 is 0 Å². The van der Waals surface area contributed by atoms with E-state index in [-0.39, 0.29) is 0 Å².